The van der Waals surface area contributed by atoms with E-state index in [1.807, 2.05) is 6.92 Å². The second-order valence-corrected chi connectivity index (χ2v) is 2.86. The predicted octanol–water partition coefficient (Wildman–Crippen LogP) is 0.673. The molecule has 0 aromatic carbocycles. The first kappa shape index (κ1) is 12.8. The molecule has 0 aromatic rings. The van der Waals surface area contributed by atoms with Gasteiger partial charge in [0.05, 0.1) is 6.04 Å². The van der Waals surface area contributed by atoms with E-state index < -0.39 is 6.04 Å². The highest BCUT2D eigenvalue weighted by molar-refractivity contribution is 5.80. The van der Waals surface area contributed by atoms with Crippen LogP contribution < -0.4 is 5.32 Å². The second kappa shape index (κ2) is 8.44. The zero-order valence-electron chi connectivity index (χ0n) is 8.66. The van der Waals surface area contributed by atoms with Gasteiger partial charge in [0.15, 0.2) is 0 Å². The monoisotopic (exact) mass is 199 g/mol. The van der Waals surface area contributed by atoms with Crippen molar-refractivity contribution in [3.05, 3.63) is 12.2 Å². The van der Waals surface area contributed by atoms with Crippen LogP contribution in [0.5, 0.6) is 0 Å². The van der Waals surface area contributed by atoms with E-state index in [2.05, 4.69) is 5.32 Å². The molecule has 0 spiro atoms. The van der Waals surface area contributed by atoms with E-state index >= 15 is 0 Å². The summed E-state index contributed by atoms with van der Waals surface area (Å²) in [5.41, 5.74) is 0. The summed E-state index contributed by atoms with van der Waals surface area (Å²) in [4.78, 5) is 21.7. The van der Waals surface area contributed by atoms with E-state index in [-0.39, 0.29) is 5.91 Å². The van der Waals surface area contributed by atoms with E-state index in [1.54, 1.807) is 19.3 Å². The SMILES string of the molecule is C/C=C\CC(=O)NC(C=O)CCOC. The molecule has 0 saturated heterocycles. The molecular weight excluding hydrogens is 182 g/mol. The Balaban J connectivity index is 3.79. The van der Waals surface area contributed by atoms with Crippen molar-refractivity contribution in [1.29, 1.82) is 0 Å². The number of ether oxygens (including phenoxy) is 1. The van der Waals surface area contributed by atoms with Crippen molar-refractivity contribution in [1.82, 2.24) is 5.32 Å². The number of aldehydes is 1. The first-order chi connectivity index (χ1) is 6.74. The maximum atomic E-state index is 11.2. The normalized spacial score (nSPS) is 12.7. The highest BCUT2D eigenvalue weighted by atomic mass is 16.5. The van der Waals surface area contributed by atoms with Gasteiger partial charge in [-0.1, -0.05) is 12.2 Å². The third-order valence-corrected chi connectivity index (χ3v) is 1.68. The summed E-state index contributed by atoms with van der Waals surface area (Å²) in [5, 5.41) is 2.60. The van der Waals surface area contributed by atoms with E-state index in [4.69, 9.17) is 4.74 Å². The number of allylic oxidation sites excluding steroid dienone is 1. The molecular formula is C10H17NO3. The van der Waals surface area contributed by atoms with Gasteiger partial charge in [0, 0.05) is 20.1 Å². The van der Waals surface area contributed by atoms with Crippen molar-refractivity contribution < 1.29 is 14.3 Å². The first-order valence-corrected chi connectivity index (χ1v) is 4.59. The molecule has 1 N–H and O–H groups in total. The minimum absolute atomic E-state index is 0.142. The van der Waals surface area contributed by atoms with Crippen molar-refractivity contribution in [2.75, 3.05) is 13.7 Å². The zero-order valence-corrected chi connectivity index (χ0v) is 8.66. The van der Waals surface area contributed by atoms with Crippen molar-refractivity contribution in [3.8, 4) is 0 Å². The van der Waals surface area contributed by atoms with Gasteiger partial charge >= 0.3 is 0 Å². The molecule has 0 saturated carbocycles. The van der Waals surface area contributed by atoms with Crippen LogP contribution in [0.15, 0.2) is 12.2 Å². The van der Waals surface area contributed by atoms with E-state index in [1.165, 1.54) is 0 Å². The molecule has 0 radical (unpaired) electrons. The van der Waals surface area contributed by atoms with Crippen LogP contribution in [-0.4, -0.2) is 32.0 Å². The van der Waals surface area contributed by atoms with E-state index in [9.17, 15) is 9.59 Å². The Morgan fingerprint density at radius 3 is 2.79 bits per heavy atom. The molecule has 0 rings (SSSR count). The minimum Gasteiger partial charge on any atom is -0.385 e. The Morgan fingerprint density at radius 1 is 1.57 bits per heavy atom. The van der Waals surface area contributed by atoms with Gasteiger partial charge < -0.3 is 14.8 Å². The third-order valence-electron chi connectivity index (χ3n) is 1.68. The fourth-order valence-corrected chi connectivity index (χ4v) is 0.910. The van der Waals surface area contributed by atoms with Crippen molar-refractivity contribution >= 4 is 12.2 Å². The predicted molar refractivity (Wildman–Crippen MR) is 53.9 cm³/mol. The second-order valence-electron chi connectivity index (χ2n) is 2.86. The number of methoxy groups -OCH3 is 1. The van der Waals surface area contributed by atoms with Crippen LogP contribution in [0, 0.1) is 0 Å². The average molecular weight is 199 g/mol. The Hall–Kier alpha value is -1.16. The average Bonchev–Trinajstić information content (AvgIpc) is 2.21. The lowest BCUT2D eigenvalue weighted by Gasteiger charge is -2.10. The Kier molecular flexibility index (Phi) is 7.74. The molecule has 0 fully saturated rings. The number of carbonyl (C=O) groups is 2. The van der Waals surface area contributed by atoms with Crippen LogP contribution in [0.3, 0.4) is 0 Å². The van der Waals surface area contributed by atoms with E-state index in [0.717, 1.165) is 6.29 Å². The summed E-state index contributed by atoms with van der Waals surface area (Å²) in [6, 6.07) is -0.437. The van der Waals surface area contributed by atoms with Crippen LogP contribution >= 0.6 is 0 Å². The van der Waals surface area contributed by atoms with Crippen molar-refractivity contribution in [2.24, 2.45) is 0 Å². The van der Waals surface area contributed by atoms with Crippen molar-refractivity contribution in [2.45, 2.75) is 25.8 Å². The lowest BCUT2D eigenvalue weighted by atomic mass is 10.2. The van der Waals surface area contributed by atoms with Gasteiger partial charge in [0.2, 0.25) is 5.91 Å². The molecule has 4 nitrogen and oxygen atoms in total. The molecule has 14 heavy (non-hydrogen) atoms. The van der Waals surface area contributed by atoms with Gasteiger partial charge in [-0.25, -0.2) is 0 Å². The molecule has 1 atom stereocenters. The summed E-state index contributed by atoms with van der Waals surface area (Å²) in [7, 11) is 1.56. The summed E-state index contributed by atoms with van der Waals surface area (Å²) in [6.07, 6.45) is 5.10. The molecule has 0 aliphatic heterocycles. The van der Waals surface area contributed by atoms with Gasteiger partial charge in [-0.3, -0.25) is 4.79 Å². The number of hydrogen-bond donors (Lipinski definition) is 1. The van der Waals surface area contributed by atoms with Gasteiger partial charge in [-0.2, -0.15) is 0 Å². The summed E-state index contributed by atoms with van der Waals surface area (Å²) >= 11 is 0. The minimum atomic E-state index is -0.437. The zero-order chi connectivity index (χ0) is 10.8. The highest BCUT2D eigenvalue weighted by Crippen LogP contribution is 1.91. The lowest BCUT2D eigenvalue weighted by molar-refractivity contribution is -0.123. The molecule has 4 heteroatoms. The Morgan fingerprint density at radius 2 is 2.29 bits per heavy atom. The standard InChI is InChI=1S/C10H17NO3/c1-3-4-5-10(13)11-9(8-12)6-7-14-2/h3-4,8-9H,5-7H2,1-2H3,(H,11,13)/b4-3-. The molecule has 0 bridgehead atoms. The van der Waals surface area contributed by atoms with E-state index in [0.29, 0.717) is 19.4 Å². The lowest BCUT2D eigenvalue weighted by Crippen LogP contribution is -2.36. The molecule has 0 aromatic heterocycles. The van der Waals surface area contributed by atoms with Crippen LogP contribution in [0.2, 0.25) is 0 Å². The van der Waals surface area contributed by atoms with Gasteiger partial charge in [-0.05, 0) is 13.3 Å². The molecule has 0 heterocycles. The van der Waals surface area contributed by atoms with Crippen molar-refractivity contribution in [3.63, 3.8) is 0 Å². The summed E-state index contributed by atoms with van der Waals surface area (Å²) in [6.45, 7) is 2.31. The summed E-state index contributed by atoms with van der Waals surface area (Å²) < 4.78 is 4.81. The number of hydrogen-bond acceptors (Lipinski definition) is 3. The Labute approximate surface area is 84.3 Å². The topological polar surface area (TPSA) is 55.4 Å². The first-order valence-electron chi connectivity index (χ1n) is 4.59. The molecule has 80 valence electrons. The Bertz CT molecular complexity index is 202. The molecule has 0 aliphatic carbocycles. The largest absolute Gasteiger partial charge is 0.385 e. The van der Waals surface area contributed by atoms with Gasteiger partial charge in [0.25, 0.3) is 0 Å². The van der Waals surface area contributed by atoms with Gasteiger partial charge in [0.1, 0.15) is 6.29 Å². The summed E-state index contributed by atoms with van der Waals surface area (Å²) in [5.74, 6) is -0.142. The van der Waals surface area contributed by atoms with Crippen LogP contribution in [0.25, 0.3) is 0 Å². The highest BCUT2D eigenvalue weighted by Gasteiger charge is 2.09. The van der Waals surface area contributed by atoms with Crippen LogP contribution in [0.1, 0.15) is 19.8 Å². The number of amides is 1. The van der Waals surface area contributed by atoms with Gasteiger partial charge in [-0.15, -0.1) is 0 Å². The molecule has 1 amide bonds. The maximum Gasteiger partial charge on any atom is 0.224 e. The molecule has 1 unspecified atom stereocenters. The fourth-order valence-electron chi connectivity index (χ4n) is 0.910. The molecule has 0 aliphatic rings. The quantitative estimate of drug-likeness (QED) is 0.484. The fraction of sp³-hybridized carbons (Fsp3) is 0.600. The smallest absolute Gasteiger partial charge is 0.224 e. The number of carbonyl (C=O) groups excluding carboxylic acids is 2. The number of rotatable bonds is 7. The number of nitrogens with one attached hydrogen (secondary N) is 1. The third kappa shape index (κ3) is 6.37. The van der Waals surface area contributed by atoms with Crippen LogP contribution in [0.4, 0.5) is 0 Å². The maximum absolute atomic E-state index is 11.2. The van der Waals surface area contributed by atoms with Crippen LogP contribution in [-0.2, 0) is 14.3 Å².